The Bertz CT molecular complexity index is 514. The number of aromatic carboxylic acids is 1. The van der Waals surface area contributed by atoms with Crippen LogP contribution < -0.4 is 0 Å². The maximum Gasteiger partial charge on any atom is 0.335 e. The van der Waals surface area contributed by atoms with Gasteiger partial charge in [0.15, 0.2) is 0 Å². The van der Waals surface area contributed by atoms with Crippen molar-refractivity contribution in [2.45, 2.75) is 61.7 Å². The van der Waals surface area contributed by atoms with Gasteiger partial charge < -0.3 is 9.84 Å². The summed E-state index contributed by atoms with van der Waals surface area (Å²) in [6, 6.07) is 3.16. The molecule has 4 nitrogen and oxygen atoms in total. The van der Waals surface area contributed by atoms with Crippen molar-refractivity contribution in [1.29, 1.82) is 0 Å². The van der Waals surface area contributed by atoms with Gasteiger partial charge in [0.05, 0.1) is 22.3 Å². The molecule has 0 aromatic carbocycles. The molecule has 1 unspecified atom stereocenters. The minimum absolute atomic E-state index is 0.153. The zero-order valence-corrected chi connectivity index (χ0v) is 12.9. The predicted octanol–water partition coefficient (Wildman–Crippen LogP) is 3.75. The van der Waals surface area contributed by atoms with Crippen LogP contribution >= 0.6 is 11.8 Å². The molecule has 1 aromatic rings. The molecule has 2 heterocycles. The van der Waals surface area contributed by atoms with Crippen LogP contribution in [0, 0.1) is 0 Å². The van der Waals surface area contributed by atoms with Crippen LogP contribution in [0.5, 0.6) is 0 Å². The normalized spacial score (nSPS) is 24.3. The Morgan fingerprint density at radius 1 is 1.38 bits per heavy atom. The molecule has 0 radical (unpaired) electrons. The van der Waals surface area contributed by atoms with Crippen LogP contribution in [0.3, 0.4) is 0 Å². The highest BCUT2D eigenvalue weighted by atomic mass is 32.2. The predicted molar refractivity (Wildman–Crippen MR) is 81.8 cm³/mol. The number of carbonyl (C=O) groups is 1. The molecule has 114 valence electrons. The van der Waals surface area contributed by atoms with Gasteiger partial charge in [-0.05, 0) is 37.8 Å². The van der Waals surface area contributed by atoms with Crippen molar-refractivity contribution >= 4 is 17.7 Å². The Balaban J connectivity index is 1.54. The average molecular weight is 307 g/mol. The van der Waals surface area contributed by atoms with E-state index in [2.05, 4.69) is 4.98 Å². The molecule has 0 bridgehead atoms. The quantitative estimate of drug-likeness (QED) is 0.858. The number of carboxylic acid groups (broad SMARTS) is 1. The van der Waals surface area contributed by atoms with E-state index in [1.54, 1.807) is 24.0 Å². The van der Waals surface area contributed by atoms with Gasteiger partial charge in [-0.2, -0.15) is 0 Å². The summed E-state index contributed by atoms with van der Waals surface area (Å²) < 4.78 is 6.32. The third kappa shape index (κ3) is 3.58. The zero-order valence-electron chi connectivity index (χ0n) is 12.1. The average Bonchev–Trinajstić information content (AvgIpc) is 2.89. The van der Waals surface area contributed by atoms with Gasteiger partial charge in [0.25, 0.3) is 0 Å². The fourth-order valence-electron chi connectivity index (χ4n) is 3.38. The van der Waals surface area contributed by atoms with Crippen LogP contribution in [0.15, 0.2) is 23.4 Å². The third-order valence-corrected chi connectivity index (χ3v) is 5.56. The molecule has 5 heteroatoms. The highest BCUT2D eigenvalue weighted by Gasteiger charge is 2.40. The minimum atomic E-state index is -0.905. The van der Waals surface area contributed by atoms with Crippen molar-refractivity contribution in [3.63, 3.8) is 0 Å². The van der Waals surface area contributed by atoms with E-state index in [1.807, 2.05) is 0 Å². The van der Waals surface area contributed by atoms with E-state index in [-0.39, 0.29) is 11.7 Å². The summed E-state index contributed by atoms with van der Waals surface area (Å²) in [6.45, 7) is 0. The van der Waals surface area contributed by atoms with E-state index in [0.29, 0.717) is 5.56 Å². The number of rotatable bonds is 4. The van der Waals surface area contributed by atoms with E-state index in [4.69, 9.17) is 9.84 Å². The van der Waals surface area contributed by atoms with Gasteiger partial charge in [-0.15, -0.1) is 11.8 Å². The third-order valence-electron chi connectivity index (χ3n) is 4.50. The van der Waals surface area contributed by atoms with Crippen molar-refractivity contribution in [2.75, 3.05) is 5.75 Å². The maximum absolute atomic E-state index is 11.0. The monoisotopic (exact) mass is 307 g/mol. The number of aromatic nitrogens is 1. The molecule has 1 aliphatic heterocycles. The van der Waals surface area contributed by atoms with Crippen LogP contribution in [0.4, 0.5) is 0 Å². The van der Waals surface area contributed by atoms with Gasteiger partial charge in [0.1, 0.15) is 0 Å². The van der Waals surface area contributed by atoms with E-state index < -0.39 is 5.97 Å². The van der Waals surface area contributed by atoms with Gasteiger partial charge in [-0.25, -0.2) is 9.78 Å². The van der Waals surface area contributed by atoms with Gasteiger partial charge in [-0.3, -0.25) is 0 Å². The van der Waals surface area contributed by atoms with Gasteiger partial charge in [-0.1, -0.05) is 19.3 Å². The van der Waals surface area contributed by atoms with Crippen molar-refractivity contribution in [3.05, 3.63) is 23.9 Å². The summed E-state index contributed by atoms with van der Waals surface area (Å²) in [6.07, 6.45) is 10.5. The lowest BCUT2D eigenvalue weighted by atomic mass is 9.83. The second-order valence-electron chi connectivity index (χ2n) is 6.02. The molecule has 0 amide bonds. The Morgan fingerprint density at radius 2 is 2.19 bits per heavy atom. The Kier molecular flexibility index (Phi) is 4.50. The molecule has 21 heavy (non-hydrogen) atoms. The lowest BCUT2D eigenvalue weighted by Crippen LogP contribution is -2.32. The molecule has 3 rings (SSSR count). The SMILES string of the molecule is O=C(O)c1ccnc(SCC2CCC3(CCCCC3)O2)c1. The molecular formula is C16H21NO3S. The summed E-state index contributed by atoms with van der Waals surface area (Å²) in [4.78, 5) is 15.2. The van der Waals surface area contributed by atoms with E-state index >= 15 is 0 Å². The number of thioether (sulfide) groups is 1. The van der Waals surface area contributed by atoms with E-state index in [9.17, 15) is 4.79 Å². The molecule has 1 saturated heterocycles. The number of carboxylic acids is 1. The van der Waals surface area contributed by atoms with Gasteiger partial charge in [0.2, 0.25) is 0 Å². The van der Waals surface area contributed by atoms with Crippen LogP contribution in [0.25, 0.3) is 0 Å². The highest BCUT2D eigenvalue weighted by Crippen LogP contribution is 2.42. The number of hydrogen-bond donors (Lipinski definition) is 1. The number of hydrogen-bond acceptors (Lipinski definition) is 4. The zero-order chi connectivity index (χ0) is 14.7. The molecule has 1 spiro atoms. The molecule has 1 atom stereocenters. The molecular weight excluding hydrogens is 286 g/mol. The van der Waals surface area contributed by atoms with Crippen molar-refractivity contribution in [2.24, 2.45) is 0 Å². The maximum atomic E-state index is 11.0. The second kappa shape index (κ2) is 6.36. The Morgan fingerprint density at radius 3 is 2.95 bits per heavy atom. The molecule has 2 aliphatic rings. The first kappa shape index (κ1) is 14.9. The fraction of sp³-hybridized carbons (Fsp3) is 0.625. The van der Waals surface area contributed by atoms with Crippen molar-refractivity contribution < 1.29 is 14.6 Å². The number of nitrogens with zero attached hydrogens (tertiary/aromatic N) is 1. The van der Waals surface area contributed by atoms with Crippen LogP contribution in [0.2, 0.25) is 0 Å². The standard InChI is InChI=1S/C16H21NO3S/c18-15(19)12-5-9-17-14(10-12)21-11-13-4-8-16(20-13)6-2-1-3-7-16/h5,9-10,13H,1-4,6-8,11H2,(H,18,19). The molecule has 1 aliphatic carbocycles. The molecule has 1 N–H and O–H groups in total. The minimum Gasteiger partial charge on any atom is -0.478 e. The summed E-state index contributed by atoms with van der Waals surface area (Å²) in [7, 11) is 0. The molecule has 2 fully saturated rings. The van der Waals surface area contributed by atoms with Gasteiger partial charge in [0, 0.05) is 11.9 Å². The van der Waals surface area contributed by atoms with Crippen LogP contribution in [0.1, 0.15) is 55.3 Å². The number of pyridine rings is 1. The van der Waals surface area contributed by atoms with Crippen LogP contribution in [-0.4, -0.2) is 33.5 Å². The van der Waals surface area contributed by atoms with Crippen LogP contribution in [-0.2, 0) is 4.74 Å². The summed E-state index contributed by atoms with van der Waals surface area (Å²) in [5.41, 5.74) is 0.448. The molecule has 1 saturated carbocycles. The first-order valence-electron chi connectivity index (χ1n) is 7.67. The highest BCUT2D eigenvalue weighted by molar-refractivity contribution is 7.99. The smallest absolute Gasteiger partial charge is 0.335 e. The van der Waals surface area contributed by atoms with E-state index in [0.717, 1.165) is 17.2 Å². The Hall–Kier alpha value is -1.07. The molecule has 1 aromatic heterocycles. The topological polar surface area (TPSA) is 59.4 Å². The fourth-order valence-corrected chi connectivity index (χ4v) is 4.31. The summed E-state index contributed by atoms with van der Waals surface area (Å²) in [5.74, 6) is -0.0461. The lowest BCUT2D eigenvalue weighted by molar-refractivity contribution is -0.0555. The first-order valence-corrected chi connectivity index (χ1v) is 8.65. The largest absolute Gasteiger partial charge is 0.478 e. The number of ether oxygens (including phenoxy) is 1. The van der Waals surface area contributed by atoms with Gasteiger partial charge >= 0.3 is 5.97 Å². The Labute approximate surface area is 129 Å². The lowest BCUT2D eigenvalue weighted by Gasteiger charge is -2.33. The van der Waals surface area contributed by atoms with E-state index in [1.165, 1.54) is 44.6 Å². The van der Waals surface area contributed by atoms with Crippen molar-refractivity contribution in [1.82, 2.24) is 4.98 Å². The summed E-state index contributed by atoms with van der Waals surface area (Å²) >= 11 is 1.60. The summed E-state index contributed by atoms with van der Waals surface area (Å²) in [5, 5.41) is 9.76. The second-order valence-corrected chi connectivity index (χ2v) is 7.06. The van der Waals surface area contributed by atoms with Crippen molar-refractivity contribution in [3.8, 4) is 0 Å². The first-order chi connectivity index (χ1) is 10.2.